The van der Waals surface area contributed by atoms with Crippen molar-refractivity contribution >= 4 is 23.6 Å². The van der Waals surface area contributed by atoms with Gasteiger partial charge in [-0.25, -0.2) is 4.79 Å². The molecular weight excluding hydrogens is 346 g/mol. The van der Waals surface area contributed by atoms with Crippen molar-refractivity contribution in [2.75, 3.05) is 11.8 Å². The van der Waals surface area contributed by atoms with Crippen LogP contribution in [0, 0.1) is 6.92 Å². The molecule has 3 aromatic carbocycles. The van der Waals surface area contributed by atoms with Gasteiger partial charge in [-0.3, -0.25) is 0 Å². The number of ether oxygens (including phenoxy) is 1. The van der Waals surface area contributed by atoms with Gasteiger partial charge in [-0.05, 0) is 59.8 Å². The third-order valence-electron chi connectivity index (χ3n) is 3.98. The molecule has 0 heterocycles. The molecule has 3 rings (SSSR count). The predicted octanol–water partition coefficient (Wildman–Crippen LogP) is 5.27. The van der Waals surface area contributed by atoms with E-state index in [9.17, 15) is 9.90 Å². The van der Waals surface area contributed by atoms with Crippen molar-refractivity contribution in [1.29, 1.82) is 0 Å². The van der Waals surface area contributed by atoms with Crippen LogP contribution in [0.25, 0.3) is 11.1 Å². The first-order valence-electron chi connectivity index (χ1n) is 8.09. The Kier molecular flexibility index (Phi) is 5.49. The first-order valence-corrected chi connectivity index (χ1v) is 8.90. The zero-order valence-corrected chi connectivity index (χ0v) is 15.3. The van der Waals surface area contributed by atoms with Crippen molar-refractivity contribution in [2.24, 2.45) is 0 Å². The fraction of sp³-hybridized carbons (Fsp3) is 0.0952. The molecule has 2 N–H and O–H groups in total. The SMILES string of the molecule is COC(=O)c1ccc(NSc2cccc(-c3ccccc3C)c2)cc1O. The highest BCUT2D eigenvalue weighted by Crippen LogP contribution is 2.30. The Balaban J connectivity index is 1.75. The first kappa shape index (κ1) is 17.9. The van der Waals surface area contributed by atoms with Crippen molar-refractivity contribution in [3.05, 3.63) is 77.9 Å². The minimum Gasteiger partial charge on any atom is -0.507 e. The molecule has 0 amide bonds. The summed E-state index contributed by atoms with van der Waals surface area (Å²) in [7, 11) is 1.28. The number of carbonyl (C=O) groups excluding carboxylic acids is 1. The number of hydrogen-bond donors (Lipinski definition) is 2. The van der Waals surface area contributed by atoms with Crippen molar-refractivity contribution in [1.82, 2.24) is 0 Å². The van der Waals surface area contributed by atoms with Crippen LogP contribution >= 0.6 is 11.9 Å². The van der Waals surface area contributed by atoms with E-state index in [1.54, 1.807) is 6.07 Å². The second kappa shape index (κ2) is 7.97. The van der Waals surface area contributed by atoms with Crippen LogP contribution in [-0.4, -0.2) is 18.2 Å². The molecule has 0 bridgehead atoms. The number of aryl methyl sites for hydroxylation is 1. The molecule has 4 nitrogen and oxygen atoms in total. The standard InChI is InChI=1S/C21H19NO3S/c1-14-6-3-4-9-18(14)15-7-5-8-17(12-15)26-22-16-10-11-19(20(23)13-16)21(24)25-2/h3-13,22-23H,1-2H3. The summed E-state index contributed by atoms with van der Waals surface area (Å²) in [5.74, 6) is -0.677. The lowest BCUT2D eigenvalue weighted by atomic mass is 10.0. The second-order valence-electron chi connectivity index (χ2n) is 5.77. The molecule has 0 saturated heterocycles. The van der Waals surface area contributed by atoms with Crippen molar-refractivity contribution in [3.8, 4) is 16.9 Å². The molecular formula is C21H19NO3S. The summed E-state index contributed by atoms with van der Waals surface area (Å²) in [6, 6.07) is 21.3. The largest absolute Gasteiger partial charge is 0.507 e. The number of anilines is 1. The maximum absolute atomic E-state index is 11.5. The maximum Gasteiger partial charge on any atom is 0.341 e. The van der Waals surface area contributed by atoms with Gasteiger partial charge in [-0.2, -0.15) is 0 Å². The van der Waals surface area contributed by atoms with E-state index in [1.165, 1.54) is 42.3 Å². The number of phenols is 1. The van der Waals surface area contributed by atoms with Crippen molar-refractivity contribution in [3.63, 3.8) is 0 Å². The van der Waals surface area contributed by atoms with E-state index in [4.69, 9.17) is 0 Å². The van der Waals surface area contributed by atoms with Gasteiger partial charge in [0.1, 0.15) is 11.3 Å². The first-order chi connectivity index (χ1) is 12.6. The summed E-state index contributed by atoms with van der Waals surface area (Å²) in [4.78, 5) is 12.6. The lowest BCUT2D eigenvalue weighted by Gasteiger charge is -2.10. The van der Waals surface area contributed by atoms with Gasteiger partial charge in [0.2, 0.25) is 0 Å². The quantitative estimate of drug-likeness (QED) is 0.476. The average molecular weight is 365 g/mol. The Labute approximate surface area is 157 Å². The minimum atomic E-state index is -0.562. The van der Waals surface area contributed by atoms with Gasteiger partial charge in [0.15, 0.2) is 0 Å². The Morgan fingerprint density at radius 1 is 1.04 bits per heavy atom. The molecule has 0 aromatic heterocycles. The van der Waals surface area contributed by atoms with E-state index >= 15 is 0 Å². The van der Waals surface area contributed by atoms with Crippen LogP contribution in [0.2, 0.25) is 0 Å². The van der Waals surface area contributed by atoms with Gasteiger partial charge in [0.05, 0.1) is 7.11 Å². The molecule has 0 aliphatic carbocycles. The van der Waals surface area contributed by atoms with Crippen LogP contribution in [0.4, 0.5) is 5.69 Å². The number of esters is 1. The average Bonchev–Trinajstić information content (AvgIpc) is 2.66. The Hall–Kier alpha value is -2.92. The molecule has 0 atom stereocenters. The molecule has 0 saturated carbocycles. The highest BCUT2D eigenvalue weighted by atomic mass is 32.2. The van der Waals surface area contributed by atoms with Gasteiger partial charge in [-0.15, -0.1) is 0 Å². The summed E-state index contributed by atoms with van der Waals surface area (Å²) < 4.78 is 7.81. The number of nitrogens with one attached hydrogen (secondary N) is 1. The van der Waals surface area contributed by atoms with Crippen LogP contribution < -0.4 is 4.72 Å². The van der Waals surface area contributed by atoms with Gasteiger partial charge in [0, 0.05) is 16.6 Å². The molecule has 0 radical (unpaired) electrons. The molecule has 26 heavy (non-hydrogen) atoms. The van der Waals surface area contributed by atoms with E-state index in [1.807, 2.05) is 24.3 Å². The van der Waals surface area contributed by atoms with E-state index in [0.717, 1.165) is 10.5 Å². The molecule has 0 fully saturated rings. The van der Waals surface area contributed by atoms with Gasteiger partial charge in [0.25, 0.3) is 0 Å². The molecule has 0 unspecified atom stereocenters. The van der Waals surface area contributed by atoms with Gasteiger partial charge >= 0.3 is 5.97 Å². The van der Waals surface area contributed by atoms with E-state index in [2.05, 4.69) is 40.6 Å². The van der Waals surface area contributed by atoms with Crippen molar-refractivity contribution < 1.29 is 14.6 Å². The summed E-state index contributed by atoms with van der Waals surface area (Å²) >= 11 is 1.44. The Morgan fingerprint density at radius 2 is 1.85 bits per heavy atom. The molecule has 5 heteroatoms. The third-order valence-corrected chi connectivity index (χ3v) is 4.81. The summed E-state index contributed by atoms with van der Waals surface area (Å²) in [6.07, 6.45) is 0. The van der Waals surface area contributed by atoms with E-state index in [-0.39, 0.29) is 11.3 Å². The number of phenolic OH excluding ortho intramolecular Hbond substituents is 1. The van der Waals surface area contributed by atoms with E-state index in [0.29, 0.717) is 5.69 Å². The van der Waals surface area contributed by atoms with Crippen LogP contribution in [0.1, 0.15) is 15.9 Å². The van der Waals surface area contributed by atoms with Crippen LogP contribution in [0.15, 0.2) is 71.6 Å². The fourth-order valence-electron chi connectivity index (χ4n) is 2.62. The highest BCUT2D eigenvalue weighted by molar-refractivity contribution is 8.00. The zero-order valence-electron chi connectivity index (χ0n) is 14.5. The molecule has 0 aliphatic rings. The van der Waals surface area contributed by atoms with Gasteiger partial charge < -0.3 is 14.6 Å². The van der Waals surface area contributed by atoms with Crippen LogP contribution in [-0.2, 0) is 4.74 Å². The second-order valence-corrected chi connectivity index (χ2v) is 6.65. The molecule has 132 valence electrons. The lowest BCUT2D eigenvalue weighted by Crippen LogP contribution is -2.01. The number of benzene rings is 3. The van der Waals surface area contributed by atoms with Crippen LogP contribution in [0.5, 0.6) is 5.75 Å². The topological polar surface area (TPSA) is 58.6 Å². The monoisotopic (exact) mass is 365 g/mol. The maximum atomic E-state index is 11.5. The van der Waals surface area contributed by atoms with Gasteiger partial charge in [-0.1, -0.05) is 36.4 Å². The number of aromatic hydroxyl groups is 1. The summed E-state index contributed by atoms with van der Waals surface area (Å²) in [6.45, 7) is 2.10. The molecule has 3 aromatic rings. The van der Waals surface area contributed by atoms with E-state index < -0.39 is 5.97 Å². The third kappa shape index (κ3) is 4.00. The molecule has 0 spiro atoms. The minimum absolute atomic E-state index is 0.115. The normalized spacial score (nSPS) is 10.4. The smallest absolute Gasteiger partial charge is 0.341 e. The van der Waals surface area contributed by atoms with Crippen LogP contribution in [0.3, 0.4) is 0 Å². The predicted molar refractivity (Wildman–Crippen MR) is 106 cm³/mol. The Bertz CT molecular complexity index is 940. The lowest BCUT2D eigenvalue weighted by molar-refractivity contribution is 0.0597. The van der Waals surface area contributed by atoms with Crippen molar-refractivity contribution in [2.45, 2.75) is 11.8 Å². The number of methoxy groups -OCH3 is 1. The number of rotatable bonds is 5. The Morgan fingerprint density at radius 3 is 2.58 bits per heavy atom. The summed E-state index contributed by atoms with van der Waals surface area (Å²) in [5.41, 5.74) is 4.42. The summed E-state index contributed by atoms with van der Waals surface area (Å²) in [5, 5.41) is 9.96. The number of carbonyl (C=O) groups is 1. The highest BCUT2D eigenvalue weighted by Gasteiger charge is 2.11. The fourth-order valence-corrected chi connectivity index (χ4v) is 3.31. The number of hydrogen-bond acceptors (Lipinski definition) is 5. The zero-order chi connectivity index (χ0) is 18.5. The molecule has 0 aliphatic heterocycles.